The van der Waals surface area contributed by atoms with Crippen LogP contribution in [0.25, 0.3) is 0 Å². The number of ether oxygens (including phenoxy) is 2. The fraction of sp³-hybridized carbons (Fsp3) is 0.240. The number of carbonyl (C=O) groups is 1. The van der Waals surface area contributed by atoms with E-state index < -0.39 is 8.32 Å². The van der Waals surface area contributed by atoms with Gasteiger partial charge in [-0.1, -0.05) is 24.2 Å². The monoisotopic (exact) mass is 525 g/mol. The number of aromatic nitrogens is 2. The van der Waals surface area contributed by atoms with Gasteiger partial charge in [0.25, 0.3) is 0 Å². The molecular formula is C25H28ClN5O4Si. The number of hydrogen-bond donors (Lipinski definition) is 3. The van der Waals surface area contributed by atoms with E-state index in [0.29, 0.717) is 22.9 Å². The molecule has 11 heteroatoms. The number of nitrogens with zero attached hydrogens (tertiary/aromatic N) is 3. The fourth-order valence-electron chi connectivity index (χ4n) is 3.77. The summed E-state index contributed by atoms with van der Waals surface area (Å²) in [5, 5.41) is 6.07. The van der Waals surface area contributed by atoms with Crippen LogP contribution in [-0.2, 0) is 4.79 Å². The molecule has 0 saturated carbocycles. The van der Waals surface area contributed by atoms with Gasteiger partial charge < -0.3 is 29.8 Å². The van der Waals surface area contributed by atoms with Crippen LogP contribution in [0.4, 0.5) is 23.0 Å². The third kappa shape index (κ3) is 6.33. The molecule has 0 spiro atoms. The number of benzene rings is 2. The summed E-state index contributed by atoms with van der Waals surface area (Å²) >= 11 is 6.28. The van der Waals surface area contributed by atoms with Gasteiger partial charge in [0.05, 0.1) is 19.0 Å². The van der Waals surface area contributed by atoms with Crippen molar-refractivity contribution in [2.24, 2.45) is 0 Å². The molecule has 1 saturated heterocycles. The molecule has 2 aromatic carbocycles. The van der Waals surface area contributed by atoms with Crippen molar-refractivity contribution >= 4 is 48.8 Å². The molecule has 0 radical (unpaired) electrons. The van der Waals surface area contributed by atoms with Crippen LogP contribution >= 0.6 is 11.6 Å². The highest BCUT2D eigenvalue weighted by atomic mass is 35.5. The van der Waals surface area contributed by atoms with Crippen LogP contribution in [0.1, 0.15) is 0 Å². The molecule has 188 valence electrons. The Kier molecular flexibility index (Phi) is 7.78. The maximum absolute atomic E-state index is 11.6. The van der Waals surface area contributed by atoms with Crippen LogP contribution < -0.4 is 25.0 Å². The summed E-state index contributed by atoms with van der Waals surface area (Å²) in [5.41, 5.74) is 2.26. The molecule has 1 amide bonds. The number of anilines is 4. The van der Waals surface area contributed by atoms with Crippen LogP contribution in [0.2, 0.25) is 23.7 Å². The molecule has 2 heterocycles. The molecule has 0 unspecified atom stereocenters. The highest BCUT2D eigenvalue weighted by Crippen LogP contribution is 2.35. The van der Waals surface area contributed by atoms with E-state index in [4.69, 9.17) is 21.1 Å². The number of halogens is 1. The van der Waals surface area contributed by atoms with Gasteiger partial charge in [0.1, 0.15) is 16.5 Å². The van der Waals surface area contributed by atoms with Gasteiger partial charge in [0.2, 0.25) is 17.7 Å². The third-order valence-electron chi connectivity index (χ3n) is 5.85. The number of methoxy groups -OCH3 is 1. The predicted molar refractivity (Wildman–Crippen MR) is 144 cm³/mol. The lowest BCUT2D eigenvalue weighted by molar-refractivity contribution is -0.111. The summed E-state index contributed by atoms with van der Waals surface area (Å²) < 4.78 is 11.5. The minimum atomic E-state index is -2.05. The largest absolute Gasteiger partial charge is 0.494 e. The van der Waals surface area contributed by atoms with Crippen molar-refractivity contribution in [3.63, 3.8) is 0 Å². The highest BCUT2D eigenvalue weighted by Gasteiger charge is 2.30. The molecule has 3 N–H and O–H groups in total. The molecule has 1 fully saturated rings. The smallest absolute Gasteiger partial charge is 0.247 e. The molecular weight excluding hydrogens is 498 g/mol. The first-order valence-corrected chi connectivity index (χ1v) is 14.7. The Labute approximate surface area is 215 Å². The van der Waals surface area contributed by atoms with Crippen molar-refractivity contribution in [1.29, 1.82) is 0 Å². The summed E-state index contributed by atoms with van der Waals surface area (Å²) in [5.74, 6) is 1.17. The van der Waals surface area contributed by atoms with E-state index in [-0.39, 0.29) is 22.8 Å². The molecule has 4 rings (SSSR count). The fourth-order valence-corrected chi connectivity index (χ4v) is 5.66. The molecule has 3 aromatic rings. The van der Waals surface area contributed by atoms with Crippen LogP contribution in [0.3, 0.4) is 0 Å². The summed E-state index contributed by atoms with van der Waals surface area (Å²) in [4.78, 5) is 32.9. The first-order valence-electron chi connectivity index (χ1n) is 11.4. The van der Waals surface area contributed by atoms with E-state index in [1.807, 2.05) is 24.7 Å². The van der Waals surface area contributed by atoms with Crippen molar-refractivity contribution < 1.29 is 19.1 Å². The van der Waals surface area contributed by atoms with Gasteiger partial charge in [0.15, 0.2) is 8.32 Å². The standard InChI is InChI=1S/C25H28ClN5O4Si/c1-4-23(32)28-17-6-5-7-19(14-17)35-24-20(26)16-27-25(30-24)29-21-9-8-18(15-22(21)34-2)31-10-12-36(3,33)13-11-31/h4-9,14-16,33H,1,10-13H2,2-3H3,(H,28,32)(H,27,29,30). The molecule has 0 aliphatic carbocycles. The summed E-state index contributed by atoms with van der Waals surface area (Å²) in [6, 6.07) is 14.4. The van der Waals surface area contributed by atoms with Gasteiger partial charge in [-0.25, -0.2) is 4.98 Å². The normalized spacial score (nSPS) is 14.6. The lowest BCUT2D eigenvalue weighted by Gasteiger charge is -2.35. The summed E-state index contributed by atoms with van der Waals surface area (Å²) in [7, 11) is -0.442. The van der Waals surface area contributed by atoms with Crippen molar-refractivity contribution in [2.75, 3.05) is 35.7 Å². The van der Waals surface area contributed by atoms with E-state index in [2.05, 4.69) is 32.1 Å². The Morgan fingerprint density at radius 3 is 2.75 bits per heavy atom. The molecule has 0 bridgehead atoms. The summed E-state index contributed by atoms with van der Waals surface area (Å²) in [6.45, 7) is 7.11. The van der Waals surface area contributed by atoms with Gasteiger partial charge in [-0.05, 0) is 49.0 Å². The zero-order chi connectivity index (χ0) is 25.7. The second kappa shape index (κ2) is 11.0. The van der Waals surface area contributed by atoms with E-state index in [9.17, 15) is 9.59 Å². The van der Waals surface area contributed by atoms with Crippen LogP contribution in [-0.4, -0.2) is 49.2 Å². The molecule has 9 nitrogen and oxygen atoms in total. The van der Waals surface area contributed by atoms with Crippen LogP contribution in [0.15, 0.2) is 61.3 Å². The van der Waals surface area contributed by atoms with Crippen molar-refractivity contribution in [1.82, 2.24) is 9.97 Å². The highest BCUT2D eigenvalue weighted by molar-refractivity contribution is 6.71. The van der Waals surface area contributed by atoms with Gasteiger partial charge in [-0.2, -0.15) is 4.98 Å². The molecule has 36 heavy (non-hydrogen) atoms. The quantitative estimate of drug-likeness (QED) is 0.272. The van der Waals surface area contributed by atoms with E-state index in [1.54, 1.807) is 31.4 Å². The molecule has 0 atom stereocenters. The zero-order valence-electron chi connectivity index (χ0n) is 20.1. The lowest BCUT2D eigenvalue weighted by Crippen LogP contribution is -2.45. The van der Waals surface area contributed by atoms with E-state index >= 15 is 0 Å². The second-order valence-corrected chi connectivity index (χ2v) is 13.1. The van der Waals surface area contributed by atoms with Gasteiger partial charge in [-0.15, -0.1) is 0 Å². The Hall–Kier alpha value is -3.60. The predicted octanol–water partition coefficient (Wildman–Crippen LogP) is 5.19. The Balaban J connectivity index is 1.50. The van der Waals surface area contributed by atoms with E-state index in [0.717, 1.165) is 30.9 Å². The minimum absolute atomic E-state index is 0.154. The first kappa shape index (κ1) is 25.5. The maximum atomic E-state index is 11.6. The number of hydrogen-bond acceptors (Lipinski definition) is 8. The zero-order valence-corrected chi connectivity index (χ0v) is 21.9. The molecule has 1 aromatic heterocycles. The summed E-state index contributed by atoms with van der Waals surface area (Å²) in [6.07, 6.45) is 2.63. The average molecular weight is 526 g/mol. The Morgan fingerprint density at radius 1 is 1.25 bits per heavy atom. The SMILES string of the molecule is C=CC(=O)Nc1cccc(Oc2nc(Nc3ccc(N4CC[Si](C)(O)CC4)cc3OC)ncc2Cl)c1. The maximum Gasteiger partial charge on any atom is 0.247 e. The number of nitrogens with one attached hydrogen (secondary N) is 2. The van der Waals surface area contributed by atoms with Gasteiger partial charge in [-0.3, -0.25) is 4.79 Å². The number of rotatable bonds is 8. The Bertz CT molecular complexity index is 1260. The molecule has 1 aliphatic heterocycles. The van der Waals surface area contributed by atoms with E-state index in [1.165, 1.54) is 12.3 Å². The topological polar surface area (TPSA) is 109 Å². The minimum Gasteiger partial charge on any atom is -0.494 e. The Morgan fingerprint density at radius 2 is 2.03 bits per heavy atom. The van der Waals surface area contributed by atoms with Crippen molar-refractivity contribution in [3.05, 3.63) is 66.3 Å². The van der Waals surface area contributed by atoms with Crippen molar-refractivity contribution in [2.45, 2.75) is 18.6 Å². The average Bonchev–Trinajstić information content (AvgIpc) is 2.86. The first-order chi connectivity index (χ1) is 17.3. The van der Waals surface area contributed by atoms with Crippen molar-refractivity contribution in [3.8, 4) is 17.4 Å². The van der Waals surface area contributed by atoms with Crippen LogP contribution in [0.5, 0.6) is 17.4 Å². The third-order valence-corrected chi connectivity index (χ3v) is 8.71. The lowest BCUT2D eigenvalue weighted by atomic mass is 10.2. The van der Waals surface area contributed by atoms with Gasteiger partial charge in [0, 0.05) is 36.6 Å². The second-order valence-electron chi connectivity index (χ2n) is 8.66. The number of amides is 1. The molecule has 1 aliphatic rings. The van der Waals surface area contributed by atoms with Gasteiger partial charge >= 0.3 is 0 Å². The van der Waals surface area contributed by atoms with Crippen LogP contribution in [0, 0.1) is 0 Å². The number of carbonyl (C=O) groups excluding carboxylic acids is 1.